The average Bonchev–Trinajstić information content (AvgIpc) is 3.26. The second-order valence-corrected chi connectivity index (χ2v) is 6.13. The highest BCUT2D eigenvalue weighted by atomic mass is 16.5. The zero-order chi connectivity index (χ0) is 20.5. The molecule has 0 aliphatic carbocycles. The first-order chi connectivity index (χ1) is 14.2. The summed E-state index contributed by atoms with van der Waals surface area (Å²) in [7, 11) is 0. The van der Waals surface area contributed by atoms with Crippen LogP contribution in [0.25, 0.3) is 6.08 Å². The third-order valence-electron chi connectivity index (χ3n) is 4.03. The van der Waals surface area contributed by atoms with E-state index < -0.39 is 18.5 Å². The Bertz CT molecular complexity index is 1050. The number of anilines is 1. The van der Waals surface area contributed by atoms with Crippen LogP contribution in [0, 0.1) is 11.3 Å². The van der Waals surface area contributed by atoms with Crippen molar-refractivity contribution in [3.05, 3.63) is 95.5 Å². The molecule has 0 aliphatic rings. The van der Waals surface area contributed by atoms with Crippen LogP contribution in [-0.2, 0) is 20.7 Å². The summed E-state index contributed by atoms with van der Waals surface area (Å²) in [6, 6.07) is 22.3. The molecule has 6 heteroatoms. The summed E-state index contributed by atoms with van der Waals surface area (Å²) in [5, 5.41) is 11.9. The summed E-state index contributed by atoms with van der Waals surface area (Å²) >= 11 is 0. The molecule has 6 nitrogen and oxygen atoms in total. The van der Waals surface area contributed by atoms with Crippen LogP contribution < -0.4 is 5.32 Å². The minimum atomic E-state index is -0.892. The molecule has 1 aromatic heterocycles. The Hall–Kier alpha value is -4.11. The number of para-hydroxylation sites is 1. The molecule has 3 rings (SSSR count). The maximum absolute atomic E-state index is 12.2. The fourth-order valence-electron chi connectivity index (χ4n) is 2.66. The standard InChI is InChI=1S/C23H18N2O4/c24-15-19(14-20-10-6-12-28-20)23(27)29-16-22(26)25-21-11-5-4-9-18(21)13-17-7-2-1-3-8-17/h1-12,14H,13,16H2,(H,25,26)/b19-14+. The molecule has 0 fully saturated rings. The highest BCUT2D eigenvalue weighted by molar-refractivity contribution is 6.00. The topological polar surface area (TPSA) is 92.3 Å². The van der Waals surface area contributed by atoms with Gasteiger partial charge in [-0.2, -0.15) is 5.26 Å². The van der Waals surface area contributed by atoms with Crippen molar-refractivity contribution in [3.63, 3.8) is 0 Å². The molecule has 0 spiro atoms. The molecule has 0 unspecified atom stereocenters. The van der Waals surface area contributed by atoms with E-state index in [0.717, 1.165) is 11.1 Å². The molecule has 1 amide bonds. The van der Waals surface area contributed by atoms with E-state index in [4.69, 9.17) is 14.4 Å². The van der Waals surface area contributed by atoms with Crippen molar-refractivity contribution in [2.24, 2.45) is 0 Å². The van der Waals surface area contributed by atoms with E-state index in [1.165, 1.54) is 12.3 Å². The summed E-state index contributed by atoms with van der Waals surface area (Å²) in [4.78, 5) is 24.3. The van der Waals surface area contributed by atoms with Gasteiger partial charge in [0.25, 0.3) is 5.91 Å². The lowest BCUT2D eigenvalue weighted by molar-refractivity contribution is -0.142. The van der Waals surface area contributed by atoms with E-state index in [9.17, 15) is 9.59 Å². The molecule has 0 atom stereocenters. The fourth-order valence-corrected chi connectivity index (χ4v) is 2.66. The van der Waals surface area contributed by atoms with Gasteiger partial charge in [0.2, 0.25) is 0 Å². The molecule has 0 radical (unpaired) electrons. The molecule has 1 N–H and O–H groups in total. The van der Waals surface area contributed by atoms with Crippen molar-refractivity contribution in [2.45, 2.75) is 6.42 Å². The van der Waals surface area contributed by atoms with Crippen LogP contribution in [0.15, 0.2) is 83.0 Å². The number of nitriles is 1. The number of hydrogen-bond donors (Lipinski definition) is 1. The number of amides is 1. The molecule has 2 aromatic carbocycles. The van der Waals surface area contributed by atoms with Crippen LogP contribution in [-0.4, -0.2) is 18.5 Å². The quantitative estimate of drug-likeness (QED) is 0.377. The first-order valence-corrected chi connectivity index (χ1v) is 8.90. The third kappa shape index (κ3) is 5.68. The van der Waals surface area contributed by atoms with E-state index in [-0.39, 0.29) is 5.57 Å². The van der Waals surface area contributed by atoms with Gasteiger partial charge in [0.05, 0.1) is 6.26 Å². The van der Waals surface area contributed by atoms with Crippen molar-refractivity contribution in [3.8, 4) is 6.07 Å². The zero-order valence-electron chi connectivity index (χ0n) is 15.5. The van der Waals surface area contributed by atoms with E-state index in [1.807, 2.05) is 48.5 Å². The zero-order valence-corrected chi connectivity index (χ0v) is 15.5. The molecule has 3 aromatic rings. The number of carbonyl (C=O) groups excluding carboxylic acids is 2. The maximum atomic E-state index is 12.2. The van der Waals surface area contributed by atoms with E-state index in [0.29, 0.717) is 17.9 Å². The van der Waals surface area contributed by atoms with Crippen molar-refractivity contribution in [2.75, 3.05) is 11.9 Å². The number of rotatable bonds is 7. The van der Waals surface area contributed by atoms with Crippen molar-refractivity contribution < 1.29 is 18.7 Å². The summed E-state index contributed by atoms with van der Waals surface area (Å²) in [5.41, 5.74) is 2.44. The minimum absolute atomic E-state index is 0.253. The summed E-state index contributed by atoms with van der Waals surface area (Å²) in [6.45, 7) is -0.504. The SMILES string of the molecule is N#C/C(=C\c1ccco1)C(=O)OCC(=O)Nc1ccccc1Cc1ccccc1. The largest absolute Gasteiger partial charge is 0.465 e. The fraction of sp³-hybridized carbons (Fsp3) is 0.0870. The Morgan fingerprint density at radius 3 is 2.52 bits per heavy atom. The van der Waals surface area contributed by atoms with Gasteiger partial charge in [-0.1, -0.05) is 48.5 Å². The first kappa shape index (κ1) is 19.6. The van der Waals surface area contributed by atoms with Crippen LogP contribution >= 0.6 is 0 Å². The summed E-state index contributed by atoms with van der Waals surface area (Å²) < 4.78 is 10.0. The molecule has 1 heterocycles. The van der Waals surface area contributed by atoms with Crippen LogP contribution in [0.4, 0.5) is 5.69 Å². The van der Waals surface area contributed by atoms with Gasteiger partial charge < -0.3 is 14.5 Å². The molecule has 0 bridgehead atoms. The number of furan rings is 1. The predicted octanol–water partition coefficient (Wildman–Crippen LogP) is 3.96. The molecular weight excluding hydrogens is 368 g/mol. The summed E-state index contributed by atoms with van der Waals surface area (Å²) in [5.74, 6) is -1.04. The van der Waals surface area contributed by atoms with E-state index >= 15 is 0 Å². The van der Waals surface area contributed by atoms with Crippen molar-refractivity contribution in [1.82, 2.24) is 0 Å². The van der Waals surface area contributed by atoms with Gasteiger partial charge in [0, 0.05) is 11.8 Å². The number of carbonyl (C=O) groups is 2. The monoisotopic (exact) mass is 386 g/mol. The van der Waals surface area contributed by atoms with Gasteiger partial charge in [-0.15, -0.1) is 0 Å². The number of esters is 1. The first-order valence-electron chi connectivity index (χ1n) is 8.90. The van der Waals surface area contributed by atoms with Gasteiger partial charge in [0.15, 0.2) is 6.61 Å². The number of benzene rings is 2. The number of hydrogen-bond acceptors (Lipinski definition) is 5. The van der Waals surface area contributed by atoms with Crippen molar-refractivity contribution in [1.29, 1.82) is 5.26 Å². The highest BCUT2D eigenvalue weighted by Crippen LogP contribution is 2.19. The van der Waals surface area contributed by atoms with E-state index in [1.54, 1.807) is 24.3 Å². The average molecular weight is 386 g/mol. The smallest absolute Gasteiger partial charge is 0.349 e. The number of nitrogens with one attached hydrogen (secondary N) is 1. The Kier molecular flexibility index (Phi) is 6.58. The molecule has 0 saturated carbocycles. The van der Waals surface area contributed by atoms with Gasteiger partial charge >= 0.3 is 5.97 Å². The van der Waals surface area contributed by atoms with Crippen LogP contribution in [0.3, 0.4) is 0 Å². The molecule has 29 heavy (non-hydrogen) atoms. The maximum Gasteiger partial charge on any atom is 0.349 e. The lowest BCUT2D eigenvalue weighted by Crippen LogP contribution is -2.22. The number of ether oxygens (including phenoxy) is 1. The van der Waals surface area contributed by atoms with E-state index in [2.05, 4.69) is 5.32 Å². The molecule has 0 saturated heterocycles. The Labute approximate surface area is 168 Å². The number of nitrogens with zero attached hydrogens (tertiary/aromatic N) is 1. The second kappa shape index (κ2) is 9.72. The van der Waals surface area contributed by atoms with Gasteiger partial charge in [-0.05, 0) is 35.7 Å². The molecule has 0 aliphatic heterocycles. The Balaban J connectivity index is 1.60. The second-order valence-electron chi connectivity index (χ2n) is 6.13. The lowest BCUT2D eigenvalue weighted by Gasteiger charge is -2.11. The third-order valence-corrected chi connectivity index (χ3v) is 4.03. The summed E-state index contributed by atoms with van der Waals surface area (Å²) in [6.07, 6.45) is 3.34. The van der Waals surface area contributed by atoms with Crippen LogP contribution in [0.1, 0.15) is 16.9 Å². The molecular formula is C23H18N2O4. The minimum Gasteiger partial charge on any atom is -0.465 e. The van der Waals surface area contributed by atoms with Gasteiger partial charge in [-0.3, -0.25) is 4.79 Å². The van der Waals surface area contributed by atoms with Gasteiger partial charge in [-0.25, -0.2) is 4.79 Å². The normalized spacial score (nSPS) is 10.8. The van der Waals surface area contributed by atoms with Crippen LogP contribution in [0.2, 0.25) is 0 Å². The Morgan fingerprint density at radius 1 is 1.03 bits per heavy atom. The lowest BCUT2D eigenvalue weighted by atomic mass is 10.0. The Morgan fingerprint density at radius 2 is 1.79 bits per heavy atom. The molecule has 144 valence electrons. The highest BCUT2D eigenvalue weighted by Gasteiger charge is 2.14. The predicted molar refractivity (Wildman–Crippen MR) is 108 cm³/mol. The van der Waals surface area contributed by atoms with Gasteiger partial charge in [0.1, 0.15) is 17.4 Å². The van der Waals surface area contributed by atoms with Crippen molar-refractivity contribution >= 4 is 23.6 Å². The van der Waals surface area contributed by atoms with Crippen LogP contribution in [0.5, 0.6) is 0 Å².